The van der Waals surface area contributed by atoms with Crippen molar-refractivity contribution in [2.24, 2.45) is 0 Å². The minimum Gasteiger partial charge on any atom is -0.378 e. The van der Waals surface area contributed by atoms with Gasteiger partial charge in [-0.05, 0) is 42.7 Å². The average Bonchev–Trinajstić information content (AvgIpc) is 3.43. The van der Waals surface area contributed by atoms with Crippen LogP contribution in [0.1, 0.15) is 31.7 Å². The number of aromatic nitrogens is 2. The minimum atomic E-state index is -0.0140. The highest BCUT2D eigenvalue weighted by atomic mass is 32.2. The predicted molar refractivity (Wildman–Crippen MR) is 125 cm³/mol. The van der Waals surface area contributed by atoms with Gasteiger partial charge in [-0.15, -0.1) is 0 Å². The molecule has 0 spiro atoms. The van der Waals surface area contributed by atoms with Crippen molar-refractivity contribution < 1.29 is 4.79 Å². The lowest BCUT2D eigenvalue weighted by Crippen LogP contribution is -2.15. The van der Waals surface area contributed by atoms with E-state index < -0.39 is 0 Å². The van der Waals surface area contributed by atoms with Crippen molar-refractivity contribution in [1.29, 1.82) is 0 Å². The molecule has 1 N–H and O–H groups in total. The second-order valence-electron chi connectivity index (χ2n) is 7.88. The van der Waals surface area contributed by atoms with Gasteiger partial charge in [-0.2, -0.15) is 0 Å². The van der Waals surface area contributed by atoms with E-state index in [1.807, 2.05) is 55.5 Å². The molecule has 6 heteroatoms. The third kappa shape index (κ3) is 4.70. The highest BCUT2D eigenvalue weighted by Crippen LogP contribution is 2.37. The van der Waals surface area contributed by atoms with Gasteiger partial charge in [0.25, 0.3) is 0 Å². The Balaban J connectivity index is 1.46. The number of nitrogens with one attached hydrogen (secondary N) is 1. The molecule has 3 aromatic rings. The molecule has 0 saturated heterocycles. The molecule has 1 amide bonds. The maximum absolute atomic E-state index is 12.5. The first kappa shape index (κ1) is 20.5. The molecule has 1 aliphatic carbocycles. The molecule has 30 heavy (non-hydrogen) atoms. The molecule has 0 bridgehead atoms. The number of imidazole rings is 1. The zero-order chi connectivity index (χ0) is 20.9. The molecule has 1 aromatic heterocycles. The van der Waals surface area contributed by atoms with Crippen LogP contribution in [0.25, 0.3) is 11.3 Å². The van der Waals surface area contributed by atoms with Crippen LogP contribution < -0.4 is 10.2 Å². The first-order valence-electron chi connectivity index (χ1n) is 10.4. The quantitative estimate of drug-likeness (QED) is 0.516. The van der Waals surface area contributed by atoms with Crippen LogP contribution in [0.15, 0.2) is 66.0 Å². The summed E-state index contributed by atoms with van der Waals surface area (Å²) in [5.74, 6) is 0.327. The molecule has 1 saturated carbocycles. The maximum Gasteiger partial charge on any atom is 0.234 e. The Hall–Kier alpha value is -2.73. The van der Waals surface area contributed by atoms with E-state index in [0.29, 0.717) is 11.8 Å². The van der Waals surface area contributed by atoms with E-state index in [0.717, 1.165) is 22.2 Å². The fourth-order valence-electron chi connectivity index (χ4n) is 3.96. The maximum atomic E-state index is 12.5. The predicted octanol–water partition coefficient (Wildman–Crippen LogP) is 5.46. The smallest absolute Gasteiger partial charge is 0.234 e. The highest BCUT2D eigenvalue weighted by molar-refractivity contribution is 7.99. The van der Waals surface area contributed by atoms with Crippen LogP contribution in [-0.4, -0.2) is 35.3 Å². The summed E-state index contributed by atoms with van der Waals surface area (Å²) in [6.45, 7) is 0. The van der Waals surface area contributed by atoms with Gasteiger partial charge in [-0.3, -0.25) is 4.79 Å². The Labute approximate surface area is 182 Å². The lowest BCUT2D eigenvalue weighted by molar-refractivity contribution is -0.113. The van der Waals surface area contributed by atoms with Crippen LogP contribution >= 0.6 is 11.8 Å². The van der Waals surface area contributed by atoms with Gasteiger partial charge in [0.15, 0.2) is 5.16 Å². The van der Waals surface area contributed by atoms with Crippen LogP contribution in [0.2, 0.25) is 0 Å². The number of hydrogen-bond acceptors (Lipinski definition) is 4. The van der Waals surface area contributed by atoms with Gasteiger partial charge in [0.2, 0.25) is 5.91 Å². The summed E-state index contributed by atoms with van der Waals surface area (Å²) in [6, 6.07) is 18.7. The Morgan fingerprint density at radius 2 is 1.80 bits per heavy atom. The molecule has 156 valence electrons. The Morgan fingerprint density at radius 1 is 1.10 bits per heavy atom. The summed E-state index contributed by atoms with van der Waals surface area (Å²) in [7, 11) is 4.00. The van der Waals surface area contributed by atoms with Crippen LogP contribution in [0.5, 0.6) is 0 Å². The monoisotopic (exact) mass is 420 g/mol. The number of benzene rings is 2. The van der Waals surface area contributed by atoms with Gasteiger partial charge >= 0.3 is 0 Å². The third-order valence-corrected chi connectivity index (χ3v) is 6.49. The van der Waals surface area contributed by atoms with Crippen LogP contribution in [-0.2, 0) is 4.79 Å². The van der Waals surface area contributed by atoms with Crippen LogP contribution in [0, 0.1) is 0 Å². The molecule has 0 atom stereocenters. The standard InChI is InChI=1S/C24H28N4OS/c1-27(2)20-14-12-19(13-15-20)26-23(29)17-30-24-25-16-22(18-8-4-3-5-9-18)28(24)21-10-6-7-11-21/h3-5,8-9,12-16,21H,6-7,10-11,17H2,1-2H3,(H,26,29). The normalized spacial score (nSPS) is 14.1. The van der Waals surface area contributed by atoms with Crippen LogP contribution in [0.4, 0.5) is 11.4 Å². The van der Waals surface area contributed by atoms with E-state index in [-0.39, 0.29) is 5.91 Å². The Kier molecular flexibility index (Phi) is 6.43. The number of carbonyl (C=O) groups excluding carboxylic acids is 1. The van der Waals surface area contributed by atoms with Crippen molar-refractivity contribution in [2.75, 3.05) is 30.1 Å². The first-order chi connectivity index (χ1) is 14.6. The van der Waals surface area contributed by atoms with Gasteiger partial charge in [0, 0.05) is 31.5 Å². The minimum absolute atomic E-state index is 0.0140. The van der Waals surface area contributed by atoms with Crippen molar-refractivity contribution in [3.63, 3.8) is 0 Å². The topological polar surface area (TPSA) is 50.2 Å². The molecule has 0 aliphatic heterocycles. The number of rotatable bonds is 7. The second kappa shape index (κ2) is 9.39. The van der Waals surface area contributed by atoms with Crippen molar-refractivity contribution in [3.05, 3.63) is 60.8 Å². The summed E-state index contributed by atoms with van der Waals surface area (Å²) < 4.78 is 2.35. The number of amides is 1. The largest absolute Gasteiger partial charge is 0.378 e. The summed E-state index contributed by atoms with van der Waals surface area (Å²) in [5, 5.41) is 3.92. The van der Waals surface area contributed by atoms with Crippen molar-refractivity contribution in [1.82, 2.24) is 9.55 Å². The number of nitrogens with zero attached hydrogens (tertiary/aromatic N) is 3. The van der Waals surface area contributed by atoms with Gasteiger partial charge in [-0.1, -0.05) is 54.9 Å². The molecule has 4 rings (SSSR count). The summed E-state index contributed by atoms with van der Waals surface area (Å²) >= 11 is 1.52. The molecule has 1 aliphatic rings. The Bertz CT molecular complexity index is 976. The molecule has 0 radical (unpaired) electrons. The zero-order valence-electron chi connectivity index (χ0n) is 17.5. The first-order valence-corrected chi connectivity index (χ1v) is 11.4. The molecule has 1 heterocycles. The third-order valence-electron chi connectivity index (χ3n) is 5.52. The molecule has 1 fully saturated rings. The fourth-order valence-corrected chi connectivity index (χ4v) is 4.80. The van der Waals surface area contributed by atoms with E-state index in [1.54, 1.807) is 0 Å². The number of thioether (sulfide) groups is 1. The van der Waals surface area contributed by atoms with Crippen LogP contribution in [0.3, 0.4) is 0 Å². The van der Waals surface area contributed by atoms with E-state index in [4.69, 9.17) is 0 Å². The molecule has 5 nitrogen and oxygen atoms in total. The molecule has 2 aromatic carbocycles. The lowest BCUT2D eigenvalue weighted by atomic mass is 10.1. The van der Waals surface area contributed by atoms with Gasteiger partial charge < -0.3 is 14.8 Å². The molecular formula is C24H28N4OS. The highest BCUT2D eigenvalue weighted by Gasteiger charge is 2.24. The molecular weight excluding hydrogens is 392 g/mol. The average molecular weight is 421 g/mol. The number of carbonyl (C=O) groups is 1. The van der Waals surface area contributed by atoms with Crippen molar-refractivity contribution in [2.45, 2.75) is 36.9 Å². The zero-order valence-corrected chi connectivity index (χ0v) is 18.4. The van der Waals surface area contributed by atoms with Gasteiger partial charge in [0.1, 0.15) is 0 Å². The summed E-state index contributed by atoms with van der Waals surface area (Å²) in [5.41, 5.74) is 4.24. The molecule has 0 unspecified atom stereocenters. The summed E-state index contributed by atoms with van der Waals surface area (Å²) in [6.07, 6.45) is 6.81. The second-order valence-corrected chi connectivity index (χ2v) is 8.82. The fraction of sp³-hybridized carbons (Fsp3) is 0.333. The summed E-state index contributed by atoms with van der Waals surface area (Å²) in [4.78, 5) is 19.3. The SMILES string of the molecule is CN(C)c1ccc(NC(=O)CSc2ncc(-c3ccccc3)n2C2CCCC2)cc1. The number of hydrogen-bond donors (Lipinski definition) is 1. The number of anilines is 2. The van der Waals surface area contributed by atoms with Gasteiger partial charge in [0.05, 0.1) is 17.6 Å². The lowest BCUT2D eigenvalue weighted by Gasteiger charge is -2.18. The van der Waals surface area contributed by atoms with E-state index in [1.165, 1.54) is 43.0 Å². The van der Waals surface area contributed by atoms with E-state index in [9.17, 15) is 4.79 Å². The van der Waals surface area contributed by atoms with E-state index >= 15 is 0 Å². The Morgan fingerprint density at radius 3 is 2.47 bits per heavy atom. The van der Waals surface area contributed by atoms with Crippen molar-refractivity contribution >= 4 is 29.0 Å². The van der Waals surface area contributed by atoms with Gasteiger partial charge in [-0.25, -0.2) is 4.98 Å². The van der Waals surface area contributed by atoms with E-state index in [2.05, 4.69) is 39.1 Å². The van der Waals surface area contributed by atoms with Crippen molar-refractivity contribution in [3.8, 4) is 11.3 Å².